The highest BCUT2D eigenvalue weighted by Crippen LogP contribution is 2.45. The lowest BCUT2D eigenvalue weighted by Crippen LogP contribution is -2.47. The molecule has 0 aliphatic carbocycles. The van der Waals surface area contributed by atoms with E-state index in [2.05, 4.69) is 33.9 Å². The number of rotatable bonds is 14. The van der Waals surface area contributed by atoms with Gasteiger partial charge in [0.25, 0.3) is 0 Å². The van der Waals surface area contributed by atoms with E-state index in [1.807, 2.05) is 6.92 Å². The first kappa shape index (κ1) is 32.4. The lowest BCUT2D eigenvalue weighted by Gasteiger charge is -2.40. The molecule has 3 atom stereocenters. The Labute approximate surface area is 221 Å². The number of nitro groups is 1. The lowest BCUT2D eigenvalue weighted by atomic mass is 9.92. The first-order valence-electron chi connectivity index (χ1n) is 12.1. The van der Waals surface area contributed by atoms with Crippen LogP contribution < -0.4 is 14.2 Å². The maximum absolute atomic E-state index is 11.9. The van der Waals surface area contributed by atoms with Gasteiger partial charge in [-0.1, -0.05) is 27.7 Å². The Balaban J connectivity index is 3.40. The zero-order chi connectivity index (χ0) is 28.6. The third kappa shape index (κ3) is 8.44. The van der Waals surface area contributed by atoms with Crippen LogP contribution in [0.1, 0.15) is 39.7 Å². The van der Waals surface area contributed by atoms with E-state index in [-0.39, 0.29) is 28.1 Å². The molecule has 0 saturated carbocycles. The molecule has 1 rings (SSSR count). The maximum Gasteiger partial charge on any atom is 0.330 e. The average Bonchev–Trinajstić information content (AvgIpc) is 2.83. The highest BCUT2D eigenvalue weighted by atomic mass is 28.4. The van der Waals surface area contributed by atoms with E-state index in [0.717, 1.165) is 0 Å². The van der Waals surface area contributed by atoms with Gasteiger partial charge in [-0.15, -0.1) is 0 Å². The van der Waals surface area contributed by atoms with Crippen molar-refractivity contribution in [1.82, 2.24) is 0 Å². The molecule has 0 aliphatic rings. The van der Waals surface area contributed by atoms with Gasteiger partial charge >= 0.3 is 11.7 Å². The van der Waals surface area contributed by atoms with Gasteiger partial charge in [-0.25, -0.2) is 4.79 Å². The first-order valence-corrected chi connectivity index (χ1v) is 15.0. The van der Waals surface area contributed by atoms with Crippen LogP contribution in [0.2, 0.25) is 18.1 Å². The van der Waals surface area contributed by atoms with Gasteiger partial charge < -0.3 is 28.1 Å². The van der Waals surface area contributed by atoms with Crippen molar-refractivity contribution >= 4 is 20.0 Å². The van der Waals surface area contributed by atoms with Crippen LogP contribution in [-0.4, -0.2) is 67.0 Å². The molecule has 1 aromatic rings. The molecule has 0 aromatic heterocycles. The number of carbonyl (C=O) groups is 1. The molecule has 0 aliphatic heterocycles. The zero-order valence-corrected chi connectivity index (χ0v) is 25.0. The maximum atomic E-state index is 11.9. The second-order valence-corrected chi connectivity index (χ2v) is 15.2. The second-order valence-electron chi connectivity index (χ2n) is 10.4. The van der Waals surface area contributed by atoms with E-state index >= 15 is 0 Å². The van der Waals surface area contributed by atoms with Crippen LogP contribution in [-0.2, 0) is 25.1 Å². The summed E-state index contributed by atoms with van der Waals surface area (Å²) in [6.45, 7) is 12.7. The molecule has 0 unspecified atom stereocenters. The third-order valence-corrected chi connectivity index (χ3v) is 11.3. The summed E-state index contributed by atoms with van der Waals surface area (Å²) in [5, 5.41) is 11.7. The first-order chi connectivity index (χ1) is 17.2. The molecule has 0 amide bonds. The van der Waals surface area contributed by atoms with Crippen molar-refractivity contribution in [1.29, 1.82) is 0 Å². The number of nitrogens with zero attached hydrogens (tertiary/aromatic N) is 1. The Morgan fingerprint density at radius 2 is 1.68 bits per heavy atom. The Hall–Kier alpha value is -2.63. The topological polar surface area (TPSA) is 116 Å². The Kier molecular flexibility index (Phi) is 12.1. The largest absolute Gasteiger partial charge is 0.493 e. The predicted molar refractivity (Wildman–Crippen MR) is 144 cm³/mol. The number of hydrogen-bond acceptors (Lipinski definition) is 9. The number of nitro benzene ring substituents is 1. The summed E-state index contributed by atoms with van der Waals surface area (Å²) >= 11 is 0. The number of benzene rings is 1. The van der Waals surface area contributed by atoms with Gasteiger partial charge in [-0.2, -0.15) is 0 Å². The van der Waals surface area contributed by atoms with E-state index in [0.29, 0.717) is 24.2 Å². The van der Waals surface area contributed by atoms with Crippen LogP contribution in [0.15, 0.2) is 18.2 Å². The van der Waals surface area contributed by atoms with Gasteiger partial charge in [-0.05, 0) is 43.0 Å². The molecule has 0 N–H and O–H groups in total. The van der Waals surface area contributed by atoms with Crippen molar-refractivity contribution < 1.29 is 37.8 Å². The summed E-state index contributed by atoms with van der Waals surface area (Å²) < 4.78 is 33.6. The Bertz CT molecular complexity index is 956. The van der Waals surface area contributed by atoms with Crippen molar-refractivity contribution in [2.75, 3.05) is 35.5 Å². The van der Waals surface area contributed by atoms with Crippen molar-refractivity contribution in [3.8, 4) is 17.2 Å². The van der Waals surface area contributed by atoms with E-state index < -0.39 is 31.4 Å². The summed E-state index contributed by atoms with van der Waals surface area (Å²) in [5.74, 6) is 0.232. The zero-order valence-electron chi connectivity index (χ0n) is 24.0. The Morgan fingerprint density at radius 3 is 2.11 bits per heavy atom. The van der Waals surface area contributed by atoms with Gasteiger partial charge in [0.15, 0.2) is 19.8 Å². The predicted octanol–water partition coefficient (Wildman–Crippen LogP) is 5.32. The van der Waals surface area contributed by atoms with Gasteiger partial charge in [0.05, 0.1) is 51.6 Å². The fourth-order valence-electron chi connectivity index (χ4n) is 3.78. The molecule has 0 bridgehead atoms. The molecule has 210 valence electrons. The van der Waals surface area contributed by atoms with Crippen LogP contribution in [0, 0.1) is 16.0 Å². The molecular weight excluding hydrogens is 498 g/mol. The normalized spacial score (nSPS) is 14.7. The minimum Gasteiger partial charge on any atom is -0.493 e. The summed E-state index contributed by atoms with van der Waals surface area (Å²) in [5.41, 5.74) is 0.330. The molecule has 37 heavy (non-hydrogen) atoms. The van der Waals surface area contributed by atoms with Gasteiger partial charge in [0, 0.05) is 18.7 Å². The Morgan fingerprint density at radius 1 is 1.08 bits per heavy atom. The molecule has 0 fully saturated rings. The SMILES string of the molecule is COC(=O)/C=C/[C@@H](O[Si](C)(C)C(C)(C)C)[C@H](C[C@H](C)Cc1c(OC)c(OC)cc([N+](=O)[O-])c1OC)OC. The van der Waals surface area contributed by atoms with Crippen LogP contribution in [0.5, 0.6) is 17.2 Å². The number of hydrogen-bond donors (Lipinski definition) is 0. The van der Waals surface area contributed by atoms with Crippen LogP contribution in [0.25, 0.3) is 0 Å². The molecule has 0 radical (unpaired) electrons. The van der Waals surface area contributed by atoms with E-state index in [1.54, 1.807) is 13.2 Å². The van der Waals surface area contributed by atoms with Crippen LogP contribution in [0.4, 0.5) is 5.69 Å². The van der Waals surface area contributed by atoms with Crippen LogP contribution in [0.3, 0.4) is 0 Å². The fourth-order valence-corrected chi connectivity index (χ4v) is 5.04. The fraction of sp³-hybridized carbons (Fsp3) is 0.654. The smallest absolute Gasteiger partial charge is 0.330 e. The highest BCUT2D eigenvalue weighted by Gasteiger charge is 2.40. The summed E-state index contributed by atoms with van der Waals surface area (Å²) in [4.78, 5) is 23.1. The summed E-state index contributed by atoms with van der Waals surface area (Å²) in [7, 11) is 4.99. The van der Waals surface area contributed by atoms with E-state index in [4.69, 9.17) is 28.1 Å². The van der Waals surface area contributed by atoms with Crippen molar-refractivity contribution in [3.63, 3.8) is 0 Å². The highest BCUT2D eigenvalue weighted by molar-refractivity contribution is 6.74. The van der Waals surface area contributed by atoms with Crippen molar-refractivity contribution in [2.45, 2.75) is 70.9 Å². The van der Waals surface area contributed by atoms with Gasteiger partial charge in [0.1, 0.15) is 0 Å². The third-order valence-electron chi connectivity index (χ3n) is 6.81. The molecule has 10 nitrogen and oxygen atoms in total. The standard InChI is InChI=1S/C26H43NO9Si/c1-17(14-18-24(34-8)19(27(29)30)16-22(32-6)25(18)35-9)15-21(31-5)20(12-13-23(28)33-7)36-37(10,11)26(2,3)4/h12-13,16-17,20-21H,14-15H2,1-11H3/b13-12+/t17-,20-,21+/m1/s1. The molecule has 1 aromatic carbocycles. The number of esters is 1. The summed E-state index contributed by atoms with van der Waals surface area (Å²) in [6.07, 6.45) is 3.05. The minimum absolute atomic E-state index is 0.0449. The van der Waals surface area contributed by atoms with Gasteiger partial charge in [0.2, 0.25) is 5.75 Å². The summed E-state index contributed by atoms with van der Waals surface area (Å²) in [6, 6.07) is 1.30. The molecule has 0 spiro atoms. The number of ether oxygens (including phenoxy) is 5. The number of methoxy groups -OCH3 is 5. The monoisotopic (exact) mass is 541 g/mol. The van der Waals surface area contributed by atoms with Crippen molar-refractivity contribution in [2.24, 2.45) is 5.92 Å². The second kappa shape index (κ2) is 13.8. The molecule has 0 saturated heterocycles. The molecule has 11 heteroatoms. The number of carbonyl (C=O) groups excluding carboxylic acids is 1. The lowest BCUT2D eigenvalue weighted by molar-refractivity contribution is -0.385. The van der Waals surface area contributed by atoms with E-state index in [1.165, 1.54) is 40.6 Å². The van der Waals surface area contributed by atoms with Crippen LogP contribution >= 0.6 is 0 Å². The minimum atomic E-state index is -2.23. The molecule has 0 heterocycles. The van der Waals surface area contributed by atoms with E-state index in [9.17, 15) is 14.9 Å². The quantitative estimate of drug-likeness (QED) is 0.101. The van der Waals surface area contributed by atoms with Gasteiger partial charge in [-0.3, -0.25) is 10.1 Å². The average molecular weight is 542 g/mol. The molecular formula is C26H43NO9Si. The van der Waals surface area contributed by atoms with Crippen molar-refractivity contribution in [3.05, 3.63) is 33.9 Å².